The first-order chi connectivity index (χ1) is 13.9. The van der Waals surface area contributed by atoms with Gasteiger partial charge in [-0.15, -0.1) is 10.2 Å². The van der Waals surface area contributed by atoms with Gasteiger partial charge in [0, 0.05) is 11.3 Å². The normalized spacial score (nSPS) is 17.9. The number of carbonyl (C=O) groups is 1. The standard InChI is InChI=1S/C19H18FN5O3S/c20-15-8-6-14(7-9-15)19-21-23-24(22-19)12-18(26)25(16-4-2-1-3-5-16)17-10-11-29(27,28)13-17/h1-9,17H,10-13H2/t17-/m1/s1. The molecule has 4 rings (SSSR count). The third kappa shape index (κ3) is 4.32. The van der Waals surface area contributed by atoms with Gasteiger partial charge in [-0.2, -0.15) is 4.80 Å². The number of hydrogen-bond donors (Lipinski definition) is 0. The number of amides is 1. The fraction of sp³-hybridized carbons (Fsp3) is 0.263. The van der Waals surface area contributed by atoms with Gasteiger partial charge in [0.2, 0.25) is 5.82 Å². The molecule has 1 aromatic heterocycles. The lowest BCUT2D eigenvalue weighted by molar-refractivity contribution is -0.120. The highest BCUT2D eigenvalue weighted by Gasteiger charge is 2.35. The van der Waals surface area contributed by atoms with Gasteiger partial charge in [0.15, 0.2) is 9.84 Å². The molecule has 29 heavy (non-hydrogen) atoms. The lowest BCUT2D eigenvalue weighted by Crippen LogP contribution is -2.43. The van der Waals surface area contributed by atoms with E-state index in [-0.39, 0.29) is 35.6 Å². The monoisotopic (exact) mass is 415 g/mol. The van der Waals surface area contributed by atoms with Gasteiger partial charge in [-0.05, 0) is 48.0 Å². The summed E-state index contributed by atoms with van der Waals surface area (Å²) in [5.74, 6) is -0.445. The molecule has 150 valence electrons. The number of nitrogens with zero attached hydrogens (tertiary/aromatic N) is 5. The van der Waals surface area contributed by atoms with Gasteiger partial charge >= 0.3 is 0 Å². The lowest BCUT2D eigenvalue weighted by atomic mass is 10.2. The molecule has 8 nitrogen and oxygen atoms in total. The van der Waals surface area contributed by atoms with Crippen LogP contribution in [0.4, 0.5) is 10.1 Å². The Bertz CT molecular complexity index is 1120. The minimum Gasteiger partial charge on any atom is -0.307 e. The van der Waals surface area contributed by atoms with Crippen LogP contribution in [0.2, 0.25) is 0 Å². The number of aromatic nitrogens is 4. The number of tetrazole rings is 1. The molecule has 1 saturated heterocycles. The number of rotatable bonds is 5. The summed E-state index contributed by atoms with van der Waals surface area (Å²) in [4.78, 5) is 15.7. The van der Waals surface area contributed by atoms with E-state index < -0.39 is 15.9 Å². The summed E-state index contributed by atoms with van der Waals surface area (Å²) in [7, 11) is -3.17. The van der Waals surface area contributed by atoms with Gasteiger partial charge in [0.05, 0.1) is 17.5 Å². The lowest BCUT2D eigenvalue weighted by Gasteiger charge is -2.28. The van der Waals surface area contributed by atoms with E-state index >= 15 is 0 Å². The Morgan fingerprint density at radius 3 is 2.52 bits per heavy atom. The zero-order valence-corrected chi connectivity index (χ0v) is 16.2. The number of para-hydroxylation sites is 1. The Balaban J connectivity index is 1.56. The van der Waals surface area contributed by atoms with Crippen molar-refractivity contribution in [2.45, 2.75) is 19.0 Å². The molecule has 1 aliphatic rings. The third-order valence-electron chi connectivity index (χ3n) is 4.71. The number of carbonyl (C=O) groups excluding carboxylic acids is 1. The maximum absolute atomic E-state index is 13.1. The van der Waals surface area contributed by atoms with Crippen LogP contribution in [-0.2, 0) is 21.2 Å². The Morgan fingerprint density at radius 2 is 1.86 bits per heavy atom. The molecule has 0 radical (unpaired) electrons. The molecule has 1 aliphatic heterocycles. The van der Waals surface area contributed by atoms with Gasteiger partial charge in [0.1, 0.15) is 12.4 Å². The first-order valence-corrected chi connectivity index (χ1v) is 10.8. The summed E-state index contributed by atoms with van der Waals surface area (Å²) in [5.41, 5.74) is 1.20. The Morgan fingerprint density at radius 1 is 1.14 bits per heavy atom. The van der Waals surface area contributed by atoms with Crippen molar-refractivity contribution in [3.8, 4) is 11.4 Å². The minimum absolute atomic E-state index is 0.0601. The number of benzene rings is 2. The second-order valence-electron chi connectivity index (χ2n) is 6.81. The first-order valence-electron chi connectivity index (χ1n) is 9.02. The molecule has 2 heterocycles. The molecule has 0 spiro atoms. The van der Waals surface area contributed by atoms with Crippen molar-refractivity contribution in [2.75, 3.05) is 16.4 Å². The first kappa shape index (κ1) is 19.2. The molecule has 1 atom stereocenters. The van der Waals surface area contributed by atoms with Gasteiger partial charge in [0.25, 0.3) is 5.91 Å². The number of hydrogen-bond acceptors (Lipinski definition) is 6. The van der Waals surface area contributed by atoms with Crippen LogP contribution in [0.25, 0.3) is 11.4 Å². The van der Waals surface area contributed by atoms with E-state index in [1.807, 2.05) is 6.07 Å². The second kappa shape index (κ2) is 7.70. The van der Waals surface area contributed by atoms with Crippen LogP contribution in [0.15, 0.2) is 54.6 Å². The van der Waals surface area contributed by atoms with Gasteiger partial charge < -0.3 is 4.90 Å². The van der Waals surface area contributed by atoms with Crippen molar-refractivity contribution in [3.05, 3.63) is 60.4 Å². The predicted molar refractivity (Wildman–Crippen MR) is 104 cm³/mol. The second-order valence-corrected chi connectivity index (χ2v) is 9.04. The van der Waals surface area contributed by atoms with E-state index in [9.17, 15) is 17.6 Å². The predicted octanol–water partition coefficient (Wildman–Crippen LogP) is 1.70. The molecule has 1 amide bonds. The zero-order valence-electron chi connectivity index (χ0n) is 15.3. The molecule has 10 heteroatoms. The maximum Gasteiger partial charge on any atom is 0.250 e. The highest BCUT2D eigenvalue weighted by Crippen LogP contribution is 2.25. The molecule has 0 aliphatic carbocycles. The summed E-state index contributed by atoms with van der Waals surface area (Å²) in [6.45, 7) is -0.195. The highest BCUT2D eigenvalue weighted by atomic mass is 32.2. The van der Waals surface area contributed by atoms with Crippen LogP contribution in [0.5, 0.6) is 0 Å². The van der Waals surface area contributed by atoms with Crippen molar-refractivity contribution >= 4 is 21.4 Å². The summed E-state index contributed by atoms with van der Waals surface area (Å²) in [5, 5.41) is 12.0. The molecule has 0 N–H and O–H groups in total. The largest absolute Gasteiger partial charge is 0.307 e. The smallest absolute Gasteiger partial charge is 0.250 e. The Hall–Kier alpha value is -3.14. The average molecular weight is 415 g/mol. The van der Waals surface area contributed by atoms with E-state index in [0.717, 1.165) is 4.80 Å². The molecular formula is C19H18FN5O3S. The zero-order chi connectivity index (χ0) is 20.4. The minimum atomic E-state index is -3.17. The molecule has 0 saturated carbocycles. The molecule has 1 fully saturated rings. The van der Waals surface area contributed by atoms with E-state index in [1.54, 1.807) is 24.3 Å². The van der Waals surface area contributed by atoms with Crippen LogP contribution in [0.3, 0.4) is 0 Å². The summed E-state index contributed by atoms with van der Waals surface area (Å²) < 4.78 is 37.0. The van der Waals surface area contributed by atoms with Crippen LogP contribution < -0.4 is 4.90 Å². The quantitative estimate of drug-likeness (QED) is 0.629. The van der Waals surface area contributed by atoms with Gasteiger partial charge in [-0.1, -0.05) is 18.2 Å². The SMILES string of the molecule is O=C(Cn1nnc(-c2ccc(F)cc2)n1)N(c1ccccc1)[C@@H]1CCS(=O)(=O)C1. The van der Waals surface area contributed by atoms with E-state index in [0.29, 0.717) is 17.7 Å². The van der Waals surface area contributed by atoms with Crippen molar-refractivity contribution < 1.29 is 17.6 Å². The maximum atomic E-state index is 13.1. The van der Waals surface area contributed by atoms with Crippen molar-refractivity contribution in [2.24, 2.45) is 0 Å². The highest BCUT2D eigenvalue weighted by molar-refractivity contribution is 7.91. The van der Waals surface area contributed by atoms with E-state index in [1.165, 1.54) is 29.2 Å². The number of sulfone groups is 1. The fourth-order valence-electron chi connectivity index (χ4n) is 3.35. The summed E-state index contributed by atoms with van der Waals surface area (Å²) in [6.07, 6.45) is 0.384. The van der Waals surface area contributed by atoms with Crippen molar-refractivity contribution in [1.82, 2.24) is 20.2 Å². The topological polar surface area (TPSA) is 98.1 Å². The van der Waals surface area contributed by atoms with Crippen molar-refractivity contribution in [1.29, 1.82) is 0 Å². The van der Waals surface area contributed by atoms with Gasteiger partial charge in [-0.3, -0.25) is 4.79 Å². The van der Waals surface area contributed by atoms with Crippen LogP contribution in [0, 0.1) is 5.82 Å². The van der Waals surface area contributed by atoms with Crippen LogP contribution in [-0.4, -0.2) is 52.1 Å². The number of halogens is 1. The van der Waals surface area contributed by atoms with Crippen molar-refractivity contribution in [3.63, 3.8) is 0 Å². The molecule has 0 bridgehead atoms. The Kier molecular flexibility index (Phi) is 5.10. The molecular weight excluding hydrogens is 397 g/mol. The molecule has 3 aromatic rings. The average Bonchev–Trinajstić information content (AvgIpc) is 3.30. The third-order valence-corrected chi connectivity index (χ3v) is 6.46. The summed E-state index contributed by atoms with van der Waals surface area (Å²) >= 11 is 0. The van der Waals surface area contributed by atoms with Crippen LogP contribution in [0.1, 0.15) is 6.42 Å². The van der Waals surface area contributed by atoms with Crippen LogP contribution >= 0.6 is 0 Å². The van der Waals surface area contributed by atoms with E-state index in [4.69, 9.17) is 0 Å². The fourth-order valence-corrected chi connectivity index (χ4v) is 5.05. The van der Waals surface area contributed by atoms with E-state index in [2.05, 4.69) is 15.4 Å². The number of anilines is 1. The molecule has 2 aromatic carbocycles. The molecule has 0 unspecified atom stereocenters. The summed E-state index contributed by atoms with van der Waals surface area (Å²) in [6, 6.07) is 14.1. The Labute approximate surface area is 166 Å². The van der Waals surface area contributed by atoms with Gasteiger partial charge in [-0.25, -0.2) is 12.8 Å².